The first-order chi connectivity index (χ1) is 7.33. The number of ketones is 1. The predicted octanol–water partition coefficient (Wildman–Crippen LogP) is 3.88. The Morgan fingerprint density at radius 2 is 2.13 bits per heavy atom. The molecule has 0 spiro atoms. The first-order valence-corrected chi connectivity index (χ1v) is 6.56. The third-order valence-electron chi connectivity index (χ3n) is 4.13. The molecule has 0 N–H and O–H groups in total. The van der Waals surface area contributed by atoms with Gasteiger partial charge in [0.05, 0.1) is 0 Å². The molecule has 15 heavy (non-hydrogen) atoms. The van der Waals surface area contributed by atoms with Gasteiger partial charge in [-0.1, -0.05) is 32.3 Å². The molecule has 2 aliphatic carbocycles. The first-order valence-electron chi connectivity index (χ1n) is 6.56. The van der Waals surface area contributed by atoms with Crippen molar-refractivity contribution in [3.8, 4) is 0 Å². The fraction of sp³-hybridized carbons (Fsp3) is 0.786. The molecule has 1 saturated carbocycles. The maximum atomic E-state index is 12.3. The lowest BCUT2D eigenvalue weighted by Crippen LogP contribution is -2.27. The largest absolute Gasteiger partial charge is 0.294 e. The number of carbonyl (C=O) groups excluding carboxylic acids is 1. The molecule has 0 aliphatic heterocycles. The van der Waals surface area contributed by atoms with Gasteiger partial charge in [-0.25, -0.2) is 0 Å². The van der Waals surface area contributed by atoms with Gasteiger partial charge in [-0.3, -0.25) is 4.79 Å². The van der Waals surface area contributed by atoms with Gasteiger partial charge in [-0.05, 0) is 43.6 Å². The highest BCUT2D eigenvalue weighted by Gasteiger charge is 2.31. The van der Waals surface area contributed by atoms with E-state index in [-0.39, 0.29) is 0 Å². The lowest BCUT2D eigenvalue weighted by molar-refractivity contribution is -0.122. The van der Waals surface area contributed by atoms with Crippen LogP contribution >= 0.6 is 0 Å². The second-order valence-electron chi connectivity index (χ2n) is 5.05. The Balaban J connectivity index is 2.03. The van der Waals surface area contributed by atoms with Gasteiger partial charge in [0.15, 0.2) is 5.78 Å². The van der Waals surface area contributed by atoms with Crippen molar-refractivity contribution in [2.45, 2.75) is 58.3 Å². The van der Waals surface area contributed by atoms with Gasteiger partial charge in [-0.2, -0.15) is 0 Å². The summed E-state index contributed by atoms with van der Waals surface area (Å²) in [4.78, 5) is 12.3. The third kappa shape index (κ3) is 2.32. The molecule has 2 aliphatic rings. The van der Waals surface area contributed by atoms with Crippen molar-refractivity contribution in [1.29, 1.82) is 0 Å². The van der Waals surface area contributed by atoms with Gasteiger partial charge in [0.25, 0.3) is 0 Å². The molecule has 0 aromatic carbocycles. The zero-order valence-corrected chi connectivity index (χ0v) is 9.80. The van der Waals surface area contributed by atoms with Gasteiger partial charge in [0.1, 0.15) is 0 Å². The van der Waals surface area contributed by atoms with E-state index in [0.29, 0.717) is 17.6 Å². The normalized spacial score (nSPS) is 31.4. The summed E-state index contributed by atoms with van der Waals surface area (Å²) in [5, 5.41) is 0. The van der Waals surface area contributed by atoms with Crippen LogP contribution < -0.4 is 0 Å². The minimum atomic E-state index is 0.369. The van der Waals surface area contributed by atoms with Crippen molar-refractivity contribution in [3.05, 3.63) is 11.6 Å². The Kier molecular flexibility index (Phi) is 3.61. The quantitative estimate of drug-likeness (QED) is 0.685. The topological polar surface area (TPSA) is 17.1 Å². The minimum absolute atomic E-state index is 0.369. The molecule has 0 radical (unpaired) electrons. The van der Waals surface area contributed by atoms with Crippen LogP contribution in [0.1, 0.15) is 58.3 Å². The molecule has 0 heterocycles. The van der Waals surface area contributed by atoms with Gasteiger partial charge in [-0.15, -0.1) is 0 Å². The van der Waals surface area contributed by atoms with Gasteiger partial charge >= 0.3 is 0 Å². The van der Waals surface area contributed by atoms with E-state index in [2.05, 4.69) is 13.0 Å². The number of hydrogen-bond donors (Lipinski definition) is 0. The summed E-state index contributed by atoms with van der Waals surface area (Å²) < 4.78 is 0. The summed E-state index contributed by atoms with van der Waals surface area (Å²) >= 11 is 0. The van der Waals surface area contributed by atoms with Gasteiger partial charge < -0.3 is 0 Å². The Morgan fingerprint density at radius 1 is 1.33 bits per heavy atom. The van der Waals surface area contributed by atoms with E-state index in [1.165, 1.54) is 32.1 Å². The summed E-state index contributed by atoms with van der Waals surface area (Å²) in [7, 11) is 0. The van der Waals surface area contributed by atoms with E-state index in [0.717, 1.165) is 24.8 Å². The maximum Gasteiger partial charge on any atom is 0.161 e. The van der Waals surface area contributed by atoms with E-state index in [1.54, 1.807) is 0 Å². The zero-order valence-electron chi connectivity index (χ0n) is 9.80. The molecule has 1 fully saturated rings. The van der Waals surface area contributed by atoms with Crippen LogP contribution in [0.5, 0.6) is 0 Å². The van der Waals surface area contributed by atoms with Crippen LogP contribution in [0.15, 0.2) is 11.6 Å². The molecule has 2 unspecified atom stereocenters. The van der Waals surface area contributed by atoms with Gasteiger partial charge in [0, 0.05) is 5.92 Å². The van der Waals surface area contributed by atoms with E-state index in [1.807, 2.05) is 0 Å². The molecule has 0 aromatic heterocycles. The molecule has 2 atom stereocenters. The first kappa shape index (κ1) is 10.9. The fourth-order valence-electron chi connectivity index (χ4n) is 3.17. The fourth-order valence-corrected chi connectivity index (χ4v) is 3.17. The molecular formula is C14H22O. The van der Waals surface area contributed by atoms with E-state index in [4.69, 9.17) is 0 Å². The van der Waals surface area contributed by atoms with E-state index >= 15 is 0 Å². The van der Waals surface area contributed by atoms with E-state index in [9.17, 15) is 4.79 Å². The van der Waals surface area contributed by atoms with Crippen molar-refractivity contribution in [2.75, 3.05) is 0 Å². The molecule has 0 aromatic rings. The predicted molar refractivity (Wildman–Crippen MR) is 62.7 cm³/mol. The summed E-state index contributed by atoms with van der Waals surface area (Å²) in [6.07, 6.45) is 11.8. The standard InChI is InChI=1S/C14H22O/c1-2-11-7-5-6-10-13(11)14(15)12-8-3-4-9-12/h8,11,13H,2-7,9-10H2,1H3. The van der Waals surface area contributed by atoms with Crippen LogP contribution in [-0.4, -0.2) is 5.78 Å². The Morgan fingerprint density at radius 3 is 2.80 bits per heavy atom. The summed E-state index contributed by atoms with van der Waals surface area (Å²) in [5.74, 6) is 1.54. The smallest absolute Gasteiger partial charge is 0.161 e. The molecule has 1 heteroatoms. The number of allylic oxidation sites excluding steroid dienone is 2. The monoisotopic (exact) mass is 206 g/mol. The third-order valence-corrected chi connectivity index (χ3v) is 4.13. The Bertz CT molecular complexity index is 265. The zero-order chi connectivity index (χ0) is 10.7. The summed E-state index contributed by atoms with van der Waals surface area (Å²) in [6.45, 7) is 2.24. The van der Waals surface area contributed by atoms with Crippen LogP contribution in [0.25, 0.3) is 0 Å². The van der Waals surface area contributed by atoms with Crippen LogP contribution in [0.2, 0.25) is 0 Å². The maximum absolute atomic E-state index is 12.3. The van der Waals surface area contributed by atoms with Gasteiger partial charge in [0.2, 0.25) is 0 Å². The Hall–Kier alpha value is -0.590. The van der Waals surface area contributed by atoms with Crippen molar-refractivity contribution >= 4 is 5.78 Å². The lowest BCUT2D eigenvalue weighted by atomic mass is 9.74. The molecule has 84 valence electrons. The molecule has 0 saturated heterocycles. The van der Waals surface area contributed by atoms with Crippen LogP contribution in [0.4, 0.5) is 0 Å². The molecule has 0 amide bonds. The number of carbonyl (C=O) groups is 1. The molecule has 2 rings (SSSR count). The minimum Gasteiger partial charge on any atom is -0.294 e. The molecule has 0 bridgehead atoms. The van der Waals surface area contributed by atoms with Crippen LogP contribution in [-0.2, 0) is 4.79 Å². The van der Waals surface area contributed by atoms with Crippen LogP contribution in [0, 0.1) is 11.8 Å². The van der Waals surface area contributed by atoms with Crippen molar-refractivity contribution < 1.29 is 4.79 Å². The SMILES string of the molecule is CCC1CCCCC1C(=O)C1=CCCC1. The Labute approximate surface area is 92.9 Å². The second-order valence-corrected chi connectivity index (χ2v) is 5.05. The highest BCUT2D eigenvalue weighted by atomic mass is 16.1. The lowest BCUT2D eigenvalue weighted by Gasteiger charge is -2.30. The number of hydrogen-bond acceptors (Lipinski definition) is 1. The molecular weight excluding hydrogens is 184 g/mol. The average molecular weight is 206 g/mol. The van der Waals surface area contributed by atoms with Crippen LogP contribution in [0.3, 0.4) is 0 Å². The van der Waals surface area contributed by atoms with Crippen molar-refractivity contribution in [2.24, 2.45) is 11.8 Å². The highest BCUT2D eigenvalue weighted by molar-refractivity contribution is 5.97. The summed E-state index contributed by atoms with van der Waals surface area (Å²) in [5.41, 5.74) is 1.15. The second kappa shape index (κ2) is 4.96. The van der Waals surface area contributed by atoms with Crippen molar-refractivity contribution in [3.63, 3.8) is 0 Å². The molecule has 1 nitrogen and oxygen atoms in total. The highest BCUT2D eigenvalue weighted by Crippen LogP contribution is 2.36. The van der Waals surface area contributed by atoms with E-state index < -0.39 is 0 Å². The number of rotatable bonds is 3. The van der Waals surface area contributed by atoms with Crippen molar-refractivity contribution in [1.82, 2.24) is 0 Å². The number of Topliss-reactive ketones (excluding diaryl/α,β-unsaturated/α-hetero) is 1. The summed E-state index contributed by atoms with van der Waals surface area (Å²) in [6, 6.07) is 0. The average Bonchev–Trinajstić information content (AvgIpc) is 2.81.